The molecule has 0 spiro atoms. The van der Waals surface area contributed by atoms with Crippen LogP contribution in [0.3, 0.4) is 0 Å². The van der Waals surface area contributed by atoms with Crippen molar-refractivity contribution in [3.63, 3.8) is 0 Å². The standard InChI is InChI=1S/C18H17FN6O4S/c1-9-5-24(6-10(2)28-9)15-11(8-26)3-13-16(14(15)19)29-22-17(13)25-7-12(4-21-23-20)30-18(25)27/h3,7-10H,4-6H2,1-2H3/t9-,10-/m1/s1. The van der Waals surface area contributed by atoms with Crippen molar-refractivity contribution in [2.75, 3.05) is 18.0 Å². The zero-order valence-corrected chi connectivity index (χ0v) is 16.9. The largest absolute Gasteiger partial charge is 0.372 e. The van der Waals surface area contributed by atoms with Gasteiger partial charge in [0.15, 0.2) is 17.9 Å². The third-order valence-corrected chi connectivity index (χ3v) is 5.63. The van der Waals surface area contributed by atoms with E-state index in [1.54, 1.807) is 4.90 Å². The molecule has 0 saturated carbocycles. The highest BCUT2D eigenvalue weighted by molar-refractivity contribution is 7.09. The topological polar surface area (TPSA) is 126 Å². The van der Waals surface area contributed by atoms with Crippen LogP contribution in [-0.2, 0) is 11.3 Å². The Bertz CT molecular complexity index is 1220. The van der Waals surface area contributed by atoms with Crippen LogP contribution in [-0.4, -0.2) is 41.3 Å². The van der Waals surface area contributed by atoms with E-state index in [4.69, 9.17) is 14.8 Å². The molecule has 3 heterocycles. The van der Waals surface area contributed by atoms with Gasteiger partial charge in [0.05, 0.1) is 29.8 Å². The van der Waals surface area contributed by atoms with Gasteiger partial charge in [0, 0.05) is 34.6 Å². The molecule has 0 unspecified atom stereocenters. The molecule has 1 saturated heterocycles. The van der Waals surface area contributed by atoms with Crippen molar-refractivity contribution in [3.8, 4) is 5.82 Å². The number of morpholine rings is 1. The number of azide groups is 1. The van der Waals surface area contributed by atoms with Crippen LogP contribution < -0.4 is 9.77 Å². The number of benzene rings is 1. The quantitative estimate of drug-likeness (QED) is 0.263. The van der Waals surface area contributed by atoms with Crippen LogP contribution in [0.2, 0.25) is 0 Å². The van der Waals surface area contributed by atoms with Gasteiger partial charge in [-0.2, -0.15) is 0 Å². The molecule has 1 fully saturated rings. The van der Waals surface area contributed by atoms with Crippen molar-refractivity contribution in [1.82, 2.24) is 9.72 Å². The van der Waals surface area contributed by atoms with Crippen LogP contribution in [0, 0.1) is 5.82 Å². The van der Waals surface area contributed by atoms with Gasteiger partial charge in [-0.1, -0.05) is 21.6 Å². The van der Waals surface area contributed by atoms with E-state index in [1.807, 2.05) is 13.8 Å². The van der Waals surface area contributed by atoms with Crippen molar-refractivity contribution < 1.29 is 18.4 Å². The van der Waals surface area contributed by atoms with E-state index in [0.29, 0.717) is 24.3 Å². The van der Waals surface area contributed by atoms with E-state index >= 15 is 4.39 Å². The molecule has 10 nitrogen and oxygen atoms in total. The third kappa shape index (κ3) is 3.45. The molecule has 0 radical (unpaired) electrons. The van der Waals surface area contributed by atoms with Gasteiger partial charge in [0.1, 0.15) is 0 Å². The van der Waals surface area contributed by atoms with Crippen LogP contribution in [0.5, 0.6) is 0 Å². The number of thiazole rings is 1. The summed E-state index contributed by atoms with van der Waals surface area (Å²) >= 11 is 0.877. The second-order valence-electron chi connectivity index (χ2n) is 7.01. The fourth-order valence-electron chi connectivity index (χ4n) is 3.69. The molecule has 1 aliphatic rings. The molecule has 156 valence electrons. The van der Waals surface area contributed by atoms with E-state index in [-0.39, 0.29) is 46.8 Å². The number of ether oxygens (including phenoxy) is 1. The van der Waals surface area contributed by atoms with Crippen LogP contribution in [0.25, 0.3) is 27.2 Å². The van der Waals surface area contributed by atoms with Gasteiger partial charge in [-0.15, -0.1) is 0 Å². The number of aromatic nitrogens is 2. The van der Waals surface area contributed by atoms with Gasteiger partial charge in [-0.05, 0) is 25.4 Å². The average molecular weight is 432 g/mol. The van der Waals surface area contributed by atoms with Crippen molar-refractivity contribution in [2.24, 2.45) is 5.11 Å². The summed E-state index contributed by atoms with van der Waals surface area (Å²) < 4.78 is 27.5. The molecule has 2 aromatic heterocycles. The van der Waals surface area contributed by atoms with Crippen LogP contribution >= 0.6 is 11.3 Å². The highest BCUT2D eigenvalue weighted by Crippen LogP contribution is 2.35. The Morgan fingerprint density at radius 1 is 1.43 bits per heavy atom. The molecule has 4 rings (SSSR count). The Morgan fingerprint density at radius 2 is 2.17 bits per heavy atom. The minimum Gasteiger partial charge on any atom is -0.372 e. The van der Waals surface area contributed by atoms with E-state index < -0.39 is 10.7 Å². The number of hydrogen-bond donors (Lipinski definition) is 0. The lowest BCUT2D eigenvalue weighted by Gasteiger charge is -2.37. The molecule has 1 aliphatic heterocycles. The molecule has 0 bridgehead atoms. The first-order valence-corrected chi connectivity index (χ1v) is 9.94. The minimum atomic E-state index is -0.716. The maximum absolute atomic E-state index is 15.4. The fraction of sp³-hybridized carbons (Fsp3) is 0.389. The number of aldehydes is 1. The first-order valence-electron chi connectivity index (χ1n) is 9.13. The van der Waals surface area contributed by atoms with Gasteiger partial charge in [-0.25, -0.2) is 4.39 Å². The van der Waals surface area contributed by atoms with Crippen molar-refractivity contribution in [2.45, 2.75) is 32.6 Å². The van der Waals surface area contributed by atoms with E-state index in [9.17, 15) is 9.59 Å². The van der Waals surface area contributed by atoms with Crippen molar-refractivity contribution in [1.29, 1.82) is 0 Å². The molecule has 0 N–H and O–H groups in total. The van der Waals surface area contributed by atoms with Crippen LogP contribution in [0.1, 0.15) is 29.1 Å². The summed E-state index contributed by atoms with van der Waals surface area (Å²) in [6, 6.07) is 1.47. The Kier molecular flexibility index (Phi) is 5.29. The summed E-state index contributed by atoms with van der Waals surface area (Å²) in [5.41, 5.74) is 8.56. The van der Waals surface area contributed by atoms with Gasteiger partial charge in [0.25, 0.3) is 0 Å². The zero-order valence-electron chi connectivity index (χ0n) is 16.1. The van der Waals surface area contributed by atoms with Gasteiger partial charge in [-0.3, -0.25) is 14.2 Å². The molecule has 0 amide bonds. The lowest BCUT2D eigenvalue weighted by Crippen LogP contribution is -2.46. The molecule has 12 heteroatoms. The van der Waals surface area contributed by atoms with Gasteiger partial charge < -0.3 is 14.2 Å². The Labute approximate surface area is 173 Å². The normalized spacial score (nSPS) is 19.1. The Balaban J connectivity index is 1.84. The van der Waals surface area contributed by atoms with E-state index in [0.717, 1.165) is 11.3 Å². The summed E-state index contributed by atoms with van der Waals surface area (Å²) in [5, 5.41) is 7.49. The maximum Gasteiger partial charge on any atom is 0.313 e. The second-order valence-corrected chi connectivity index (χ2v) is 8.09. The number of halogens is 1. The predicted octanol–water partition coefficient (Wildman–Crippen LogP) is 3.42. The minimum absolute atomic E-state index is 0.00465. The first kappa shape index (κ1) is 20.1. The molecular weight excluding hydrogens is 415 g/mol. The SMILES string of the molecule is C[C@@H]1CN(c2c(C=O)cc3c(-n4cc(CN=[N+]=[N-])sc4=O)noc3c2F)C[C@@H](C)O1. The molecule has 1 aromatic carbocycles. The van der Waals surface area contributed by atoms with Crippen LogP contribution in [0.4, 0.5) is 10.1 Å². The number of nitrogens with zero attached hydrogens (tertiary/aromatic N) is 6. The lowest BCUT2D eigenvalue weighted by atomic mass is 10.1. The average Bonchev–Trinajstić information content (AvgIpc) is 3.28. The molecule has 2 atom stereocenters. The first-order chi connectivity index (χ1) is 14.4. The van der Waals surface area contributed by atoms with E-state index in [2.05, 4.69) is 15.2 Å². The Morgan fingerprint density at radius 3 is 2.83 bits per heavy atom. The highest BCUT2D eigenvalue weighted by atomic mass is 32.1. The fourth-order valence-corrected chi connectivity index (χ4v) is 4.43. The van der Waals surface area contributed by atoms with E-state index in [1.165, 1.54) is 16.8 Å². The molecule has 0 aliphatic carbocycles. The maximum atomic E-state index is 15.4. The number of carbonyl (C=O) groups excluding carboxylic acids is 1. The number of carbonyl (C=O) groups is 1. The lowest BCUT2D eigenvalue weighted by molar-refractivity contribution is -0.00543. The summed E-state index contributed by atoms with van der Waals surface area (Å²) in [6.07, 6.45) is 1.76. The third-order valence-electron chi connectivity index (χ3n) is 4.76. The number of rotatable bonds is 5. The number of fused-ring (bicyclic) bond motifs is 1. The van der Waals surface area contributed by atoms with Crippen molar-refractivity contribution in [3.05, 3.63) is 48.6 Å². The summed E-state index contributed by atoms with van der Waals surface area (Å²) in [4.78, 5) is 28.7. The predicted molar refractivity (Wildman–Crippen MR) is 108 cm³/mol. The second kappa shape index (κ2) is 7.90. The smallest absolute Gasteiger partial charge is 0.313 e. The Hall–Kier alpha value is -3.21. The van der Waals surface area contributed by atoms with Crippen molar-refractivity contribution >= 4 is 34.3 Å². The molecule has 30 heavy (non-hydrogen) atoms. The molecule has 3 aromatic rings. The number of hydrogen-bond acceptors (Lipinski definition) is 8. The van der Waals surface area contributed by atoms with Gasteiger partial charge in [0.2, 0.25) is 5.58 Å². The monoisotopic (exact) mass is 432 g/mol. The summed E-state index contributed by atoms with van der Waals surface area (Å²) in [7, 11) is 0. The zero-order chi connectivity index (χ0) is 21.4. The molecular formula is C18H17FN6O4S. The summed E-state index contributed by atoms with van der Waals surface area (Å²) in [6.45, 7) is 4.60. The summed E-state index contributed by atoms with van der Waals surface area (Å²) in [5.74, 6) is -0.650. The van der Waals surface area contributed by atoms with Crippen LogP contribution in [0.15, 0.2) is 26.7 Å². The van der Waals surface area contributed by atoms with Gasteiger partial charge >= 0.3 is 4.87 Å². The number of anilines is 1. The highest BCUT2D eigenvalue weighted by Gasteiger charge is 2.29.